The Labute approximate surface area is 116 Å². The van der Waals surface area contributed by atoms with Crippen molar-refractivity contribution in [3.8, 4) is 0 Å². The van der Waals surface area contributed by atoms with Gasteiger partial charge in [0, 0.05) is 32.2 Å². The molecular formula is C13H15N5O2. The van der Waals surface area contributed by atoms with Crippen LogP contribution in [0.2, 0.25) is 0 Å². The quantitative estimate of drug-likeness (QED) is 0.803. The highest BCUT2D eigenvalue weighted by Crippen LogP contribution is 2.14. The summed E-state index contributed by atoms with van der Waals surface area (Å²) in [6.45, 7) is 4.64. The van der Waals surface area contributed by atoms with E-state index >= 15 is 0 Å². The standard InChI is InChI=1S/C13H15N5O2/c1-10-2-3-12(16-15-10)17-6-8-18(9-7-17)13(19)11-4-5-14-20-11/h2-5H,6-9H2,1H3. The van der Waals surface area contributed by atoms with Gasteiger partial charge in [0.15, 0.2) is 5.82 Å². The van der Waals surface area contributed by atoms with Crippen LogP contribution in [0, 0.1) is 6.92 Å². The van der Waals surface area contributed by atoms with Crippen LogP contribution in [0.15, 0.2) is 28.9 Å². The van der Waals surface area contributed by atoms with Crippen molar-refractivity contribution in [3.05, 3.63) is 35.9 Å². The van der Waals surface area contributed by atoms with E-state index in [0.29, 0.717) is 13.1 Å². The maximum atomic E-state index is 12.1. The van der Waals surface area contributed by atoms with Crippen LogP contribution >= 0.6 is 0 Å². The molecule has 3 heterocycles. The molecule has 1 saturated heterocycles. The fourth-order valence-corrected chi connectivity index (χ4v) is 2.18. The van der Waals surface area contributed by atoms with Gasteiger partial charge in [0.05, 0.1) is 11.9 Å². The summed E-state index contributed by atoms with van der Waals surface area (Å²) in [6.07, 6.45) is 1.48. The van der Waals surface area contributed by atoms with E-state index in [4.69, 9.17) is 4.52 Å². The first kappa shape index (κ1) is 12.6. The molecule has 0 saturated carbocycles. The van der Waals surface area contributed by atoms with E-state index < -0.39 is 0 Å². The van der Waals surface area contributed by atoms with Crippen molar-refractivity contribution in [2.75, 3.05) is 31.1 Å². The number of carbonyl (C=O) groups is 1. The van der Waals surface area contributed by atoms with E-state index in [-0.39, 0.29) is 11.7 Å². The number of piperazine rings is 1. The summed E-state index contributed by atoms with van der Waals surface area (Å²) in [4.78, 5) is 16.0. The van der Waals surface area contributed by atoms with Gasteiger partial charge >= 0.3 is 0 Å². The molecule has 1 aliphatic rings. The van der Waals surface area contributed by atoms with Gasteiger partial charge in [-0.25, -0.2) is 0 Å². The predicted molar refractivity (Wildman–Crippen MR) is 71.4 cm³/mol. The van der Waals surface area contributed by atoms with Gasteiger partial charge in [-0.2, -0.15) is 5.10 Å². The summed E-state index contributed by atoms with van der Waals surface area (Å²) in [5, 5.41) is 11.8. The van der Waals surface area contributed by atoms with Crippen molar-refractivity contribution in [1.82, 2.24) is 20.3 Å². The normalized spacial score (nSPS) is 15.4. The number of hydrogen-bond donors (Lipinski definition) is 0. The molecule has 20 heavy (non-hydrogen) atoms. The Hall–Kier alpha value is -2.44. The minimum atomic E-state index is -0.114. The van der Waals surface area contributed by atoms with E-state index in [0.717, 1.165) is 24.6 Å². The molecule has 7 nitrogen and oxygen atoms in total. The zero-order chi connectivity index (χ0) is 13.9. The number of nitrogens with zero attached hydrogens (tertiary/aromatic N) is 5. The molecule has 0 bridgehead atoms. The van der Waals surface area contributed by atoms with Crippen molar-refractivity contribution >= 4 is 11.7 Å². The molecule has 2 aromatic rings. The topological polar surface area (TPSA) is 75.4 Å². The molecule has 3 rings (SSSR count). The second-order valence-electron chi connectivity index (χ2n) is 4.69. The highest BCUT2D eigenvalue weighted by molar-refractivity contribution is 5.91. The van der Waals surface area contributed by atoms with Crippen LogP contribution in [0.25, 0.3) is 0 Å². The van der Waals surface area contributed by atoms with Crippen LogP contribution in [0.1, 0.15) is 16.2 Å². The van der Waals surface area contributed by atoms with E-state index in [2.05, 4.69) is 20.3 Å². The van der Waals surface area contributed by atoms with Crippen LogP contribution in [0.4, 0.5) is 5.82 Å². The Morgan fingerprint density at radius 3 is 2.55 bits per heavy atom. The van der Waals surface area contributed by atoms with Gasteiger partial charge in [-0.05, 0) is 19.1 Å². The number of carbonyl (C=O) groups excluding carboxylic acids is 1. The Morgan fingerprint density at radius 2 is 1.95 bits per heavy atom. The number of hydrogen-bond acceptors (Lipinski definition) is 6. The molecule has 0 aliphatic carbocycles. The lowest BCUT2D eigenvalue weighted by Gasteiger charge is -2.34. The minimum Gasteiger partial charge on any atom is -0.352 e. The first-order chi connectivity index (χ1) is 9.74. The summed E-state index contributed by atoms with van der Waals surface area (Å²) >= 11 is 0. The van der Waals surface area contributed by atoms with Gasteiger partial charge in [-0.3, -0.25) is 4.79 Å². The van der Waals surface area contributed by atoms with Crippen LogP contribution in [0.3, 0.4) is 0 Å². The number of aromatic nitrogens is 3. The predicted octanol–water partition coefficient (Wildman–Crippen LogP) is 0.735. The molecular weight excluding hydrogens is 258 g/mol. The number of aryl methyl sites for hydroxylation is 1. The van der Waals surface area contributed by atoms with Crippen LogP contribution in [0.5, 0.6) is 0 Å². The summed E-state index contributed by atoms with van der Waals surface area (Å²) in [7, 11) is 0. The van der Waals surface area contributed by atoms with Gasteiger partial charge in [-0.15, -0.1) is 5.10 Å². The fourth-order valence-electron chi connectivity index (χ4n) is 2.18. The van der Waals surface area contributed by atoms with Crippen molar-refractivity contribution in [2.45, 2.75) is 6.92 Å². The molecule has 104 valence electrons. The first-order valence-corrected chi connectivity index (χ1v) is 6.49. The Balaban J connectivity index is 1.62. The largest absolute Gasteiger partial charge is 0.352 e. The van der Waals surface area contributed by atoms with E-state index in [9.17, 15) is 4.79 Å². The van der Waals surface area contributed by atoms with Crippen LogP contribution in [-0.2, 0) is 0 Å². The summed E-state index contributed by atoms with van der Waals surface area (Å²) in [5.74, 6) is 1.02. The molecule has 0 N–H and O–H groups in total. The third-order valence-corrected chi connectivity index (χ3v) is 3.32. The highest BCUT2D eigenvalue weighted by Gasteiger charge is 2.24. The van der Waals surface area contributed by atoms with Crippen LogP contribution in [-0.4, -0.2) is 52.3 Å². The van der Waals surface area contributed by atoms with Gasteiger partial charge in [-0.1, -0.05) is 5.16 Å². The summed E-state index contributed by atoms with van der Waals surface area (Å²) in [6, 6.07) is 5.48. The third-order valence-electron chi connectivity index (χ3n) is 3.32. The van der Waals surface area contributed by atoms with E-state index in [1.807, 2.05) is 19.1 Å². The summed E-state index contributed by atoms with van der Waals surface area (Å²) < 4.78 is 4.90. The average molecular weight is 273 g/mol. The van der Waals surface area contributed by atoms with Gasteiger partial charge < -0.3 is 14.3 Å². The molecule has 0 atom stereocenters. The summed E-state index contributed by atoms with van der Waals surface area (Å²) in [5.41, 5.74) is 0.896. The zero-order valence-electron chi connectivity index (χ0n) is 11.2. The molecule has 2 aromatic heterocycles. The number of anilines is 1. The van der Waals surface area contributed by atoms with Crippen molar-refractivity contribution < 1.29 is 9.32 Å². The van der Waals surface area contributed by atoms with Gasteiger partial charge in [0.25, 0.3) is 5.91 Å². The minimum absolute atomic E-state index is 0.114. The Kier molecular flexibility index (Phi) is 3.32. The maximum Gasteiger partial charge on any atom is 0.292 e. The monoisotopic (exact) mass is 273 g/mol. The van der Waals surface area contributed by atoms with Crippen molar-refractivity contribution in [3.63, 3.8) is 0 Å². The third kappa shape index (κ3) is 2.47. The molecule has 1 fully saturated rings. The Morgan fingerprint density at radius 1 is 1.15 bits per heavy atom. The molecule has 0 radical (unpaired) electrons. The average Bonchev–Trinajstić information content (AvgIpc) is 3.02. The van der Waals surface area contributed by atoms with Crippen molar-refractivity contribution in [2.24, 2.45) is 0 Å². The molecule has 1 amide bonds. The van der Waals surface area contributed by atoms with Gasteiger partial charge in [0.1, 0.15) is 0 Å². The highest BCUT2D eigenvalue weighted by atomic mass is 16.5. The van der Waals surface area contributed by atoms with E-state index in [1.54, 1.807) is 11.0 Å². The lowest BCUT2D eigenvalue weighted by atomic mass is 10.2. The molecule has 1 aliphatic heterocycles. The van der Waals surface area contributed by atoms with Crippen LogP contribution < -0.4 is 4.90 Å². The molecule has 0 aromatic carbocycles. The number of rotatable bonds is 2. The second kappa shape index (κ2) is 5.28. The van der Waals surface area contributed by atoms with Gasteiger partial charge in [0.2, 0.25) is 5.76 Å². The van der Waals surface area contributed by atoms with Crippen molar-refractivity contribution in [1.29, 1.82) is 0 Å². The molecule has 0 spiro atoms. The fraction of sp³-hybridized carbons (Fsp3) is 0.385. The zero-order valence-corrected chi connectivity index (χ0v) is 11.2. The number of amides is 1. The lowest BCUT2D eigenvalue weighted by Crippen LogP contribution is -2.49. The lowest BCUT2D eigenvalue weighted by molar-refractivity contribution is 0.0704. The molecule has 0 unspecified atom stereocenters. The second-order valence-corrected chi connectivity index (χ2v) is 4.69. The Bertz CT molecular complexity index is 573. The SMILES string of the molecule is Cc1ccc(N2CCN(C(=O)c3ccno3)CC2)nn1. The van der Waals surface area contributed by atoms with E-state index in [1.165, 1.54) is 6.20 Å². The first-order valence-electron chi connectivity index (χ1n) is 6.49. The molecule has 7 heteroatoms. The maximum absolute atomic E-state index is 12.1. The smallest absolute Gasteiger partial charge is 0.292 e.